The molecule has 0 spiro atoms. The van der Waals surface area contributed by atoms with Gasteiger partial charge in [0, 0.05) is 19.1 Å². The zero-order valence-corrected chi connectivity index (χ0v) is 18.3. The zero-order valence-electron chi connectivity index (χ0n) is 16.7. The molecule has 6 nitrogen and oxygen atoms in total. The van der Waals surface area contributed by atoms with Crippen LogP contribution in [0.1, 0.15) is 44.4 Å². The maximum absolute atomic E-state index is 12.8. The van der Waals surface area contributed by atoms with Crippen LogP contribution in [0, 0.1) is 6.92 Å². The number of benzene rings is 2. The molecular formula is C20H28N2O4S2. The highest BCUT2D eigenvalue weighted by Gasteiger charge is 2.24. The molecule has 0 heterocycles. The minimum Gasteiger partial charge on any atom is -0.207 e. The highest BCUT2D eigenvalue weighted by atomic mass is 32.2. The molecule has 0 radical (unpaired) electrons. The number of hydrogen-bond donors (Lipinski definition) is 1. The summed E-state index contributed by atoms with van der Waals surface area (Å²) >= 11 is 0. The summed E-state index contributed by atoms with van der Waals surface area (Å²) in [7, 11) is -7.40. The van der Waals surface area contributed by atoms with Crippen LogP contribution in [0.3, 0.4) is 0 Å². The van der Waals surface area contributed by atoms with Crippen molar-refractivity contribution in [2.24, 2.45) is 0 Å². The third kappa shape index (κ3) is 5.00. The average Bonchev–Trinajstić information content (AvgIpc) is 2.67. The Morgan fingerprint density at radius 3 is 1.79 bits per heavy atom. The molecule has 8 heteroatoms. The van der Waals surface area contributed by atoms with Crippen molar-refractivity contribution in [1.29, 1.82) is 0 Å². The van der Waals surface area contributed by atoms with Crippen molar-refractivity contribution in [1.82, 2.24) is 9.03 Å². The average molecular weight is 425 g/mol. The third-order valence-corrected chi connectivity index (χ3v) is 8.21. The van der Waals surface area contributed by atoms with Crippen LogP contribution in [0.15, 0.2) is 58.3 Å². The highest BCUT2D eigenvalue weighted by molar-refractivity contribution is 7.89. The zero-order chi connectivity index (χ0) is 20.9. The fraction of sp³-hybridized carbons (Fsp3) is 0.400. The Balaban J connectivity index is 2.27. The topological polar surface area (TPSA) is 83.5 Å². The van der Waals surface area contributed by atoms with E-state index in [1.54, 1.807) is 13.8 Å². The van der Waals surface area contributed by atoms with E-state index in [9.17, 15) is 16.8 Å². The van der Waals surface area contributed by atoms with Gasteiger partial charge in [-0.3, -0.25) is 0 Å². The van der Waals surface area contributed by atoms with Gasteiger partial charge in [0.2, 0.25) is 20.0 Å². The lowest BCUT2D eigenvalue weighted by atomic mass is 10.0. The van der Waals surface area contributed by atoms with Crippen LogP contribution in [0.5, 0.6) is 0 Å². The SMILES string of the molecule is CC[C@@H](NS(=O)(=O)c1ccc(S(=O)(=O)N(CC)CC)cc1)c1ccc(C)cc1. The monoisotopic (exact) mass is 424 g/mol. The molecule has 2 aromatic carbocycles. The number of nitrogens with zero attached hydrogens (tertiary/aromatic N) is 1. The lowest BCUT2D eigenvalue weighted by molar-refractivity contribution is 0.445. The summed E-state index contributed by atoms with van der Waals surface area (Å²) in [6.07, 6.45) is 0.594. The number of aryl methyl sites for hydroxylation is 1. The van der Waals surface area contributed by atoms with Crippen LogP contribution in [0.25, 0.3) is 0 Å². The predicted molar refractivity (Wildman–Crippen MR) is 111 cm³/mol. The van der Waals surface area contributed by atoms with Gasteiger partial charge in [0.1, 0.15) is 0 Å². The van der Waals surface area contributed by atoms with Crippen LogP contribution >= 0.6 is 0 Å². The van der Waals surface area contributed by atoms with Crippen LogP contribution in [0.4, 0.5) is 0 Å². The van der Waals surface area contributed by atoms with Crippen LogP contribution in [0.2, 0.25) is 0 Å². The molecule has 0 saturated heterocycles. The molecule has 0 aliphatic carbocycles. The molecule has 0 bridgehead atoms. The maximum atomic E-state index is 12.8. The lowest BCUT2D eigenvalue weighted by Gasteiger charge is -2.19. The van der Waals surface area contributed by atoms with Gasteiger partial charge in [-0.25, -0.2) is 21.6 Å². The molecule has 1 N–H and O–H groups in total. The Labute approximate surface area is 168 Å². The first kappa shape index (κ1) is 22.5. The molecule has 0 amide bonds. The quantitative estimate of drug-likeness (QED) is 0.668. The Hall–Kier alpha value is -1.74. The Kier molecular flexibility index (Phi) is 7.39. The van der Waals surface area contributed by atoms with Gasteiger partial charge < -0.3 is 0 Å². The van der Waals surface area contributed by atoms with Gasteiger partial charge in [0.05, 0.1) is 9.79 Å². The molecule has 2 rings (SSSR count). The maximum Gasteiger partial charge on any atom is 0.243 e. The molecular weight excluding hydrogens is 396 g/mol. The van der Waals surface area contributed by atoms with E-state index >= 15 is 0 Å². The van der Waals surface area contributed by atoms with Crippen molar-refractivity contribution in [2.45, 2.75) is 49.9 Å². The largest absolute Gasteiger partial charge is 0.243 e. The summed E-state index contributed by atoms with van der Waals surface area (Å²) in [5.41, 5.74) is 1.99. The van der Waals surface area contributed by atoms with E-state index < -0.39 is 20.0 Å². The molecule has 0 saturated carbocycles. The highest BCUT2D eigenvalue weighted by Crippen LogP contribution is 2.22. The molecule has 2 aromatic rings. The third-order valence-electron chi connectivity index (χ3n) is 4.66. The summed E-state index contributed by atoms with van der Waals surface area (Å²) in [5.74, 6) is 0. The van der Waals surface area contributed by atoms with Crippen LogP contribution < -0.4 is 4.72 Å². The molecule has 0 aliphatic heterocycles. The first-order chi connectivity index (χ1) is 13.2. The molecule has 1 atom stereocenters. The van der Waals surface area contributed by atoms with E-state index in [-0.39, 0.29) is 15.8 Å². The smallest absolute Gasteiger partial charge is 0.207 e. The van der Waals surface area contributed by atoms with Gasteiger partial charge in [0.15, 0.2) is 0 Å². The fourth-order valence-electron chi connectivity index (χ4n) is 2.94. The molecule has 28 heavy (non-hydrogen) atoms. The fourth-order valence-corrected chi connectivity index (χ4v) is 5.71. The van der Waals surface area contributed by atoms with Crippen molar-refractivity contribution >= 4 is 20.0 Å². The number of hydrogen-bond acceptors (Lipinski definition) is 4. The van der Waals surface area contributed by atoms with Crippen molar-refractivity contribution in [2.75, 3.05) is 13.1 Å². The summed E-state index contributed by atoms with van der Waals surface area (Å²) in [6, 6.07) is 12.7. The lowest BCUT2D eigenvalue weighted by Crippen LogP contribution is -2.31. The Bertz CT molecular complexity index is 980. The van der Waals surface area contributed by atoms with E-state index in [2.05, 4.69) is 4.72 Å². The first-order valence-corrected chi connectivity index (χ1v) is 12.3. The van der Waals surface area contributed by atoms with Crippen molar-refractivity contribution in [3.63, 3.8) is 0 Å². The normalized spacial score (nSPS) is 13.6. The number of rotatable bonds is 9. The summed E-state index contributed by atoms with van der Waals surface area (Å²) in [4.78, 5) is 0.122. The summed E-state index contributed by atoms with van der Waals surface area (Å²) in [6.45, 7) is 8.12. The molecule has 0 unspecified atom stereocenters. The van der Waals surface area contributed by atoms with E-state index in [1.807, 2.05) is 38.1 Å². The second-order valence-electron chi connectivity index (χ2n) is 6.55. The Morgan fingerprint density at radius 1 is 0.821 bits per heavy atom. The predicted octanol–water partition coefficient (Wildman–Crippen LogP) is 3.46. The van der Waals surface area contributed by atoms with Gasteiger partial charge in [-0.15, -0.1) is 0 Å². The standard InChI is InChI=1S/C20H28N2O4S2/c1-5-20(17-10-8-16(4)9-11-17)21-27(23,24)18-12-14-19(15-13-18)28(25,26)22(6-2)7-3/h8-15,20-21H,5-7H2,1-4H3/t20-/m1/s1. The molecule has 0 aliphatic rings. The van der Waals surface area contributed by atoms with E-state index in [4.69, 9.17) is 0 Å². The summed E-state index contributed by atoms with van der Waals surface area (Å²) < 4.78 is 54.7. The Morgan fingerprint density at radius 2 is 1.32 bits per heavy atom. The van der Waals surface area contributed by atoms with E-state index in [0.29, 0.717) is 19.5 Å². The van der Waals surface area contributed by atoms with Crippen LogP contribution in [-0.2, 0) is 20.0 Å². The molecule has 0 fully saturated rings. The van der Waals surface area contributed by atoms with Crippen LogP contribution in [-0.4, -0.2) is 34.2 Å². The second kappa shape index (κ2) is 9.17. The second-order valence-corrected chi connectivity index (χ2v) is 10.2. The van der Waals surface area contributed by atoms with Gasteiger partial charge >= 0.3 is 0 Å². The van der Waals surface area contributed by atoms with Crippen molar-refractivity contribution in [3.8, 4) is 0 Å². The number of sulfonamides is 2. The van der Waals surface area contributed by atoms with E-state index in [1.165, 1.54) is 28.6 Å². The molecule has 154 valence electrons. The molecule has 0 aromatic heterocycles. The summed E-state index contributed by atoms with van der Waals surface area (Å²) in [5, 5.41) is 0. The first-order valence-electron chi connectivity index (χ1n) is 9.34. The number of nitrogens with one attached hydrogen (secondary N) is 1. The van der Waals surface area contributed by atoms with Gasteiger partial charge in [-0.1, -0.05) is 50.6 Å². The van der Waals surface area contributed by atoms with E-state index in [0.717, 1.165) is 11.1 Å². The van der Waals surface area contributed by atoms with Crippen molar-refractivity contribution < 1.29 is 16.8 Å². The minimum absolute atomic E-state index is 0.0385. The van der Waals surface area contributed by atoms with Gasteiger partial charge in [0.25, 0.3) is 0 Å². The van der Waals surface area contributed by atoms with Crippen molar-refractivity contribution in [3.05, 3.63) is 59.7 Å². The van der Waals surface area contributed by atoms with Gasteiger partial charge in [-0.05, 0) is 43.2 Å². The minimum atomic E-state index is -3.78. The van der Waals surface area contributed by atoms with Gasteiger partial charge in [-0.2, -0.15) is 4.31 Å².